The predicted molar refractivity (Wildman–Crippen MR) is 131 cm³/mol. The standard InChI is InChI=1S/C23H29N3O4S.C2HF3O2/c27-23(25-19-7-2-1-3-8-19)18-6-5-15-26(17-18)31(28,29)22-10-4-9-21(16-22)30-20-11-13-24-14-12-20;3-2(4,5)1(6)7/h4,9-14,16,18-19H,1-3,5-8,15,17H2,(H,25,27);(H,6,7)/t18-;/m0./s1. The van der Waals surface area contributed by atoms with E-state index in [1.807, 2.05) is 0 Å². The number of pyridine rings is 1. The number of ether oxygens (including phenoxy) is 1. The van der Waals surface area contributed by atoms with Crippen LogP contribution in [0.2, 0.25) is 0 Å². The smallest absolute Gasteiger partial charge is 0.475 e. The van der Waals surface area contributed by atoms with E-state index in [9.17, 15) is 26.4 Å². The SMILES string of the molecule is O=C(NC1CCCCC1)[C@H]1CCCN(S(=O)(=O)c2cccc(Oc3ccncc3)c2)C1.O=C(O)C(F)(F)F. The number of nitrogens with one attached hydrogen (secondary N) is 1. The van der Waals surface area contributed by atoms with Gasteiger partial charge in [0.1, 0.15) is 11.5 Å². The van der Waals surface area contributed by atoms with E-state index in [4.69, 9.17) is 14.6 Å². The molecule has 1 aliphatic heterocycles. The molecule has 0 spiro atoms. The highest BCUT2D eigenvalue weighted by molar-refractivity contribution is 7.89. The van der Waals surface area contributed by atoms with E-state index >= 15 is 0 Å². The monoisotopic (exact) mass is 557 g/mol. The zero-order valence-corrected chi connectivity index (χ0v) is 21.4. The predicted octanol–water partition coefficient (Wildman–Crippen LogP) is 4.36. The Hall–Kier alpha value is -3.19. The Morgan fingerprint density at radius 1 is 1.00 bits per heavy atom. The number of alkyl halides is 3. The van der Waals surface area contributed by atoms with Gasteiger partial charge in [-0.05, 0) is 49.9 Å². The van der Waals surface area contributed by atoms with Crippen molar-refractivity contribution in [3.63, 3.8) is 0 Å². The lowest BCUT2D eigenvalue weighted by Gasteiger charge is -2.32. The van der Waals surface area contributed by atoms with Crippen molar-refractivity contribution in [1.82, 2.24) is 14.6 Å². The molecule has 2 N–H and O–H groups in total. The van der Waals surface area contributed by atoms with Crippen LogP contribution in [0.15, 0.2) is 53.7 Å². The van der Waals surface area contributed by atoms with Gasteiger partial charge in [-0.15, -0.1) is 0 Å². The van der Waals surface area contributed by atoms with Crippen LogP contribution in [0.3, 0.4) is 0 Å². The first kappa shape index (κ1) is 29.4. The molecule has 2 aromatic rings. The molecule has 13 heteroatoms. The second-order valence-electron chi connectivity index (χ2n) is 9.11. The second kappa shape index (κ2) is 13.1. The number of hydrogen-bond donors (Lipinski definition) is 2. The summed E-state index contributed by atoms with van der Waals surface area (Å²) in [5.41, 5.74) is 0. The average molecular weight is 558 g/mol. The van der Waals surface area contributed by atoms with Crippen LogP contribution < -0.4 is 10.1 Å². The van der Waals surface area contributed by atoms with E-state index in [0.717, 1.165) is 32.1 Å². The number of nitrogens with zero attached hydrogens (tertiary/aromatic N) is 2. The maximum absolute atomic E-state index is 13.3. The lowest BCUT2D eigenvalue weighted by atomic mass is 9.93. The van der Waals surface area contributed by atoms with Gasteiger partial charge in [-0.2, -0.15) is 17.5 Å². The third-order valence-corrected chi connectivity index (χ3v) is 8.14. The molecule has 2 fully saturated rings. The van der Waals surface area contributed by atoms with Crippen LogP contribution in [-0.4, -0.2) is 60.0 Å². The van der Waals surface area contributed by atoms with Crippen LogP contribution >= 0.6 is 0 Å². The molecule has 1 saturated carbocycles. The largest absolute Gasteiger partial charge is 0.490 e. The molecule has 1 aliphatic carbocycles. The van der Waals surface area contributed by atoms with Crippen LogP contribution in [-0.2, 0) is 19.6 Å². The van der Waals surface area contributed by atoms with Crippen molar-refractivity contribution in [2.45, 2.75) is 62.1 Å². The molecular formula is C25H30F3N3O6S. The molecule has 38 heavy (non-hydrogen) atoms. The Labute approximate surface area is 219 Å². The number of rotatable bonds is 6. The number of sulfonamides is 1. The Bertz CT molecular complexity index is 1190. The molecule has 0 bridgehead atoms. The Morgan fingerprint density at radius 2 is 1.66 bits per heavy atom. The van der Waals surface area contributed by atoms with E-state index < -0.39 is 22.2 Å². The van der Waals surface area contributed by atoms with E-state index in [0.29, 0.717) is 24.5 Å². The molecule has 2 heterocycles. The molecule has 1 aromatic heterocycles. The molecule has 208 valence electrons. The van der Waals surface area contributed by atoms with Gasteiger partial charge in [0, 0.05) is 37.6 Å². The molecule has 4 rings (SSSR count). The molecular weight excluding hydrogens is 527 g/mol. The van der Waals surface area contributed by atoms with E-state index in [1.54, 1.807) is 42.7 Å². The summed E-state index contributed by atoms with van der Waals surface area (Å²) in [5, 5.41) is 10.3. The number of halogens is 3. The van der Waals surface area contributed by atoms with Crippen LogP contribution in [0, 0.1) is 5.92 Å². The Balaban J connectivity index is 0.000000505. The molecule has 0 radical (unpaired) electrons. The van der Waals surface area contributed by atoms with Crippen molar-refractivity contribution in [3.8, 4) is 11.5 Å². The second-order valence-corrected chi connectivity index (χ2v) is 11.0. The average Bonchev–Trinajstić information content (AvgIpc) is 2.90. The molecule has 1 amide bonds. The first-order chi connectivity index (χ1) is 18.0. The van der Waals surface area contributed by atoms with Crippen LogP contribution in [0.25, 0.3) is 0 Å². The zero-order chi connectivity index (χ0) is 27.8. The van der Waals surface area contributed by atoms with Crippen molar-refractivity contribution in [2.24, 2.45) is 5.92 Å². The summed E-state index contributed by atoms with van der Waals surface area (Å²) in [5.74, 6) is -2.05. The molecule has 2 aliphatic rings. The van der Waals surface area contributed by atoms with Crippen LogP contribution in [0.4, 0.5) is 13.2 Å². The normalized spacial score (nSPS) is 19.1. The van der Waals surface area contributed by atoms with E-state index in [1.165, 1.54) is 16.8 Å². The van der Waals surface area contributed by atoms with Gasteiger partial charge in [-0.1, -0.05) is 25.3 Å². The van der Waals surface area contributed by atoms with Gasteiger partial charge in [0.05, 0.1) is 10.8 Å². The molecule has 1 saturated heterocycles. The first-order valence-electron chi connectivity index (χ1n) is 12.3. The van der Waals surface area contributed by atoms with Crippen molar-refractivity contribution in [1.29, 1.82) is 0 Å². The van der Waals surface area contributed by atoms with Gasteiger partial charge < -0.3 is 15.2 Å². The fourth-order valence-corrected chi connectivity index (χ4v) is 5.89. The summed E-state index contributed by atoms with van der Waals surface area (Å²) >= 11 is 0. The van der Waals surface area contributed by atoms with Gasteiger partial charge in [-0.25, -0.2) is 13.2 Å². The number of aromatic nitrogens is 1. The molecule has 0 unspecified atom stereocenters. The summed E-state index contributed by atoms with van der Waals surface area (Å²) in [6, 6.07) is 10.1. The minimum Gasteiger partial charge on any atom is -0.475 e. The Kier molecular flexibility index (Phi) is 10.1. The fourth-order valence-electron chi connectivity index (χ4n) is 4.33. The number of aliphatic carboxylic acids is 1. The van der Waals surface area contributed by atoms with E-state index in [-0.39, 0.29) is 29.3 Å². The number of carbonyl (C=O) groups is 2. The van der Waals surface area contributed by atoms with Crippen molar-refractivity contribution in [2.75, 3.05) is 13.1 Å². The highest BCUT2D eigenvalue weighted by atomic mass is 32.2. The van der Waals surface area contributed by atoms with Crippen LogP contribution in [0.1, 0.15) is 44.9 Å². The maximum atomic E-state index is 13.3. The summed E-state index contributed by atoms with van der Waals surface area (Å²) in [6.07, 6.45) is 5.10. The molecule has 9 nitrogen and oxygen atoms in total. The van der Waals surface area contributed by atoms with Gasteiger partial charge >= 0.3 is 12.1 Å². The summed E-state index contributed by atoms with van der Waals surface area (Å²) in [7, 11) is -3.72. The van der Waals surface area contributed by atoms with Gasteiger partial charge in [0.2, 0.25) is 15.9 Å². The minimum atomic E-state index is -5.08. The molecule has 1 aromatic carbocycles. The number of carboxylic acids is 1. The van der Waals surface area contributed by atoms with Crippen LogP contribution in [0.5, 0.6) is 11.5 Å². The Morgan fingerprint density at radius 3 is 2.29 bits per heavy atom. The number of carbonyl (C=O) groups excluding carboxylic acids is 1. The van der Waals surface area contributed by atoms with E-state index in [2.05, 4.69) is 10.3 Å². The number of piperidine rings is 1. The summed E-state index contributed by atoms with van der Waals surface area (Å²) in [4.78, 5) is 25.8. The third kappa shape index (κ3) is 8.42. The lowest BCUT2D eigenvalue weighted by Crippen LogP contribution is -2.47. The third-order valence-electron chi connectivity index (χ3n) is 6.28. The zero-order valence-electron chi connectivity index (χ0n) is 20.6. The van der Waals surface area contributed by atoms with Crippen molar-refractivity contribution < 1.29 is 41.0 Å². The lowest BCUT2D eigenvalue weighted by molar-refractivity contribution is -0.192. The highest BCUT2D eigenvalue weighted by Gasteiger charge is 2.38. The summed E-state index contributed by atoms with van der Waals surface area (Å²) in [6.45, 7) is 0.640. The topological polar surface area (TPSA) is 126 Å². The van der Waals surface area contributed by atoms with Crippen molar-refractivity contribution in [3.05, 3.63) is 48.8 Å². The number of hydrogen-bond acceptors (Lipinski definition) is 6. The fraction of sp³-hybridized carbons (Fsp3) is 0.480. The quantitative estimate of drug-likeness (QED) is 0.541. The van der Waals surface area contributed by atoms with Gasteiger partial charge in [0.15, 0.2) is 0 Å². The summed E-state index contributed by atoms with van der Waals surface area (Å²) < 4.78 is 65.5. The minimum absolute atomic E-state index is 0.0124. The number of benzene rings is 1. The number of amides is 1. The maximum Gasteiger partial charge on any atom is 0.490 e. The molecule has 1 atom stereocenters. The van der Waals surface area contributed by atoms with Crippen molar-refractivity contribution >= 4 is 21.9 Å². The highest BCUT2D eigenvalue weighted by Crippen LogP contribution is 2.28. The van der Waals surface area contributed by atoms with Gasteiger partial charge in [-0.3, -0.25) is 9.78 Å². The first-order valence-corrected chi connectivity index (χ1v) is 13.7. The van der Waals surface area contributed by atoms with Gasteiger partial charge in [0.25, 0.3) is 0 Å². The number of carboxylic acid groups (broad SMARTS) is 1.